The second-order valence-corrected chi connectivity index (χ2v) is 9.12. The first kappa shape index (κ1) is 18.9. The summed E-state index contributed by atoms with van der Waals surface area (Å²) in [6, 6.07) is 24.0. The highest BCUT2D eigenvalue weighted by Gasteiger charge is 2.52. The number of nitrogens with one attached hydrogen (secondary N) is 2. The molecule has 1 saturated heterocycles. The third kappa shape index (κ3) is 3.05. The number of para-hydroxylation sites is 1. The maximum atomic E-state index is 6.79. The summed E-state index contributed by atoms with van der Waals surface area (Å²) in [6.07, 6.45) is 5.72. The number of hydrazine groups is 1. The van der Waals surface area contributed by atoms with E-state index in [0.717, 1.165) is 31.7 Å². The molecule has 3 aromatic carbocycles. The van der Waals surface area contributed by atoms with Crippen LogP contribution in [0.3, 0.4) is 0 Å². The normalized spacial score (nSPS) is 27.3. The Morgan fingerprint density at radius 2 is 1.77 bits per heavy atom. The van der Waals surface area contributed by atoms with Gasteiger partial charge in [-0.05, 0) is 29.3 Å². The number of hydrogen-bond donors (Lipinski definition) is 2. The van der Waals surface area contributed by atoms with Crippen molar-refractivity contribution in [2.45, 2.75) is 38.0 Å². The van der Waals surface area contributed by atoms with E-state index in [1.54, 1.807) is 4.90 Å². The molecule has 0 aromatic heterocycles. The molecule has 1 atom stereocenters. The molecular weight excluding hydrogens is 382 g/mol. The molecule has 0 bridgehead atoms. The number of ether oxygens (including phenoxy) is 1. The van der Waals surface area contributed by atoms with Gasteiger partial charge in [0.2, 0.25) is 0 Å². The molecule has 3 aromatic rings. The summed E-state index contributed by atoms with van der Waals surface area (Å²) >= 11 is 0. The smallest absolute Gasteiger partial charge is 0.191 e. The number of hydrogen-bond acceptors (Lipinski definition) is 3. The Kier molecular flexibility index (Phi) is 4.51. The molecule has 1 fully saturated rings. The van der Waals surface area contributed by atoms with Gasteiger partial charge in [0.25, 0.3) is 0 Å². The van der Waals surface area contributed by atoms with E-state index in [1.165, 1.54) is 40.6 Å². The predicted molar refractivity (Wildman–Crippen MR) is 125 cm³/mol. The van der Waals surface area contributed by atoms with Gasteiger partial charge in [-0.25, -0.2) is 0 Å². The molecule has 158 valence electrons. The molecule has 0 saturated carbocycles. The number of benzene rings is 3. The lowest BCUT2D eigenvalue weighted by Crippen LogP contribution is -3.14. The maximum Gasteiger partial charge on any atom is 0.191 e. The van der Waals surface area contributed by atoms with Crippen LogP contribution < -0.4 is 15.1 Å². The zero-order chi connectivity index (χ0) is 20.8. The summed E-state index contributed by atoms with van der Waals surface area (Å²) in [7, 11) is 0. The molecule has 0 radical (unpaired) electrons. The van der Waals surface area contributed by atoms with E-state index < -0.39 is 0 Å². The molecular formula is C27H30N3O+. The van der Waals surface area contributed by atoms with Gasteiger partial charge in [-0.3, -0.25) is 0 Å². The van der Waals surface area contributed by atoms with Crippen molar-refractivity contribution in [2.24, 2.45) is 0 Å². The largest absolute Gasteiger partial charge is 0.470 e. The fourth-order valence-electron chi connectivity index (χ4n) is 5.68. The number of fused-ring (bicyclic) bond motifs is 5. The molecule has 3 aliphatic rings. The fraction of sp³-hybridized carbons (Fsp3) is 0.333. The quantitative estimate of drug-likeness (QED) is 0.683. The molecule has 0 amide bonds. The Hall–Kier alpha value is -2.82. The Morgan fingerprint density at radius 1 is 1.00 bits per heavy atom. The molecule has 6 rings (SSSR count). The van der Waals surface area contributed by atoms with E-state index in [-0.39, 0.29) is 11.8 Å². The van der Waals surface area contributed by atoms with Gasteiger partial charge in [0.05, 0.1) is 44.2 Å². The summed E-state index contributed by atoms with van der Waals surface area (Å²) in [5.41, 5.74) is 7.21. The van der Waals surface area contributed by atoms with Gasteiger partial charge in [0.15, 0.2) is 5.72 Å². The average Bonchev–Trinajstić information content (AvgIpc) is 3.27. The van der Waals surface area contributed by atoms with Crippen molar-refractivity contribution < 1.29 is 9.64 Å². The number of rotatable bonds is 3. The SMILES string of the molecule is CCC[NH+]1CCC2(CC1)Oc1ccccc1[C@H]1C=C(c3cccc4ccccc34)NN12. The number of quaternary nitrogens is 1. The first-order valence-corrected chi connectivity index (χ1v) is 11.6. The Labute approximate surface area is 184 Å². The molecule has 4 nitrogen and oxygen atoms in total. The third-order valence-corrected chi connectivity index (χ3v) is 7.24. The van der Waals surface area contributed by atoms with Crippen LogP contribution in [-0.2, 0) is 0 Å². The first-order valence-electron chi connectivity index (χ1n) is 11.6. The van der Waals surface area contributed by atoms with Crippen molar-refractivity contribution in [1.29, 1.82) is 0 Å². The van der Waals surface area contributed by atoms with Crippen LogP contribution in [0.25, 0.3) is 16.5 Å². The maximum absolute atomic E-state index is 6.79. The van der Waals surface area contributed by atoms with Crippen LogP contribution in [0.5, 0.6) is 5.75 Å². The van der Waals surface area contributed by atoms with E-state index in [1.807, 2.05) is 0 Å². The van der Waals surface area contributed by atoms with Crippen LogP contribution in [0, 0.1) is 0 Å². The fourth-order valence-corrected chi connectivity index (χ4v) is 5.68. The van der Waals surface area contributed by atoms with E-state index in [0.29, 0.717) is 0 Å². The van der Waals surface area contributed by atoms with Gasteiger partial charge in [-0.15, -0.1) is 0 Å². The van der Waals surface area contributed by atoms with Crippen LogP contribution in [-0.4, -0.2) is 30.4 Å². The lowest BCUT2D eigenvalue weighted by atomic mass is 9.92. The molecule has 3 aliphatic heterocycles. The number of nitrogens with zero attached hydrogens (tertiary/aromatic N) is 1. The van der Waals surface area contributed by atoms with Crippen molar-refractivity contribution in [3.63, 3.8) is 0 Å². The minimum atomic E-state index is -0.293. The van der Waals surface area contributed by atoms with Crippen LogP contribution in [0.2, 0.25) is 0 Å². The molecule has 31 heavy (non-hydrogen) atoms. The van der Waals surface area contributed by atoms with Gasteiger partial charge < -0.3 is 15.1 Å². The lowest BCUT2D eigenvalue weighted by Gasteiger charge is -2.50. The molecule has 2 N–H and O–H groups in total. The third-order valence-electron chi connectivity index (χ3n) is 7.24. The van der Waals surface area contributed by atoms with Crippen LogP contribution in [0.4, 0.5) is 0 Å². The Bertz CT molecular complexity index is 1140. The second kappa shape index (κ2) is 7.40. The van der Waals surface area contributed by atoms with E-state index in [9.17, 15) is 0 Å². The van der Waals surface area contributed by atoms with E-state index >= 15 is 0 Å². The number of piperidine rings is 1. The highest BCUT2D eigenvalue weighted by atomic mass is 16.5. The van der Waals surface area contributed by atoms with Crippen LogP contribution in [0.1, 0.15) is 43.4 Å². The lowest BCUT2D eigenvalue weighted by molar-refractivity contribution is -0.908. The topological polar surface area (TPSA) is 28.9 Å². The van der Waals surface area contributed by atoms with Gasteiger partial charge in [-0.2, -0.15) is 5.01 Å². The summed E-state index contributed by atoms with van der Waals surface area (Å²) in [5, 5.41) is 4.97. The summed E-state index contributed by atoms with van der Waals surface area (Å²) in [4.78, 5) is 1.70. The predicted octanol–water partition coefficient (Wildman–Crippen LogP) is 3.92. The molecule has 0 unspecified atom stereocenters. The van der Waals surface area contributed by atoms with Crippen molar-refractivity contribution in [3.05, 3.63) is 83.9 Å². The van der Waals surface area contributed by atoms with Gasteiger partial charge in [-0.1, -0.05) is 67.6 Å². The molecule has 0 aliphatic carbocycles. The zero-order valence-electron chi connectivity index (χ0n) is 18.1. The second-order valence-electron chi connectivity index (χ2n) is 9.12. The number of likely N-dealkylation sites (tertiary alicyclic amines) is 1. The molecule has 4 heteroatoms. The highest BCUT2D eigenvalue weighted by molar-refractivity contribution is 5.93. The average molecular weight is 413 g/mol. The van der Waals surface area contributed by atoms with Crippen molar-refractivity contribution in [2.75, 3.05) is 19.6 Å². The Morgan fingerprint density at radius 3 is 2.65 bits per heavy atom. The van der Waals surface area contributed by atoms with Gasteiger partial charge >= 0.3 is 0 Å². The minimum absolute atomic E-state index is 0.187. The highest BCUT2D eigenvalue weighted by Crippen LogP contribution is 2.47. The van der Waals surface area contributed by atoms with Crippen LogP contribution in [0.15, 0.2) is 72.8 Å². The van der Waals surface area contributed by atoms with E-state index in [2.05, 4.69) is 90.2 Å². The summed E-state index contributed by atoms with van der Waals surface area (Å²) < 4.78 is 6.79. The molecule has 1 spiro atoms. The minimum Gasteiger partial charge on any atom is -0.470 e. The van der Waals surface area contributed by atoms with Crippen molar-refractivity contribution in [1.82, 2.24) is 10.4 Å². The summed E-state index contributed by atoms with van der Waals surface area (Å²) in [6.45, 7) is 5.85. The van der Waals surface area contributed by atoms with E-state index in [4.69, 9.17) is 4.74 Å². The monoisotopic (exact) mass is 412 g/mol. The Balaban J connectivity index is 1.41. The summed E-state index contributed by atoms with van der Waals surface area (Å²) in [5.74, 6) is 1.04. The standard InChI is InChI=1S/C27H29N3O/c1-2-16-29-17-14-27(15-18-29)30-25(23-11-5-6-13-26(23)31-27)19-24(28-30)22-12-7-9-20-8-3-4-10-21(20)22/h3-13,19,25,28H,2,14-18H2,1H3/p+1/t25-/m1/s1. The van der Waals surface area contributed by atoms with Gasteiger partial charge in [0, 0.05) is 11.1 Å². The van der Waals surface area contributed by atoms with Crippen molar-refractivity contribution >= 4 is 16.5 Å². The first-order chi connectivity index (χ1) is 15.3. The zero-order valence-corrected chi connectivity index (χ0v) is 18.1. The van der Waals surface area contributed by atoms with Crippen LogP contribution >= 0.6 is 0 Å². The van der Waals surface area contributed by atoms with Gasteiger partial charge in [0.1, 0.15) is 5.75 Å². The molecule has 3 heterocycles. The van der Waals surface area contributed by atoms with Crippen molar-refractivity contribution in [3.8, 4) is 5.75 Å².